The van der Waals surface area contributed by atoms with Crippen LogP contribution in [0.25, 0.3) is 0 Å². The normalized spacial score (nSPS) is 21.7. The summed E-state index contributed by atoms with van der Waals surface area (Å²) in [4.78, 5) is 7.84. The van der Waals surface area contributed by atoms with Gasteiger partial charge in [0.15, 0.2) is 0 Å². The lowest BCUT2D eigenvalue weighted by molar-refractivity contribution is -0.137. The zero-order chi connectivity index (χ0) is 15.8. The zero-order valence-electron chi connectivity index (χ0n) is 11.8. The van der Waals surface area contributed by atoms with Gasteiger partial charge in [-0.1, -0.05) is 12.1 Å². The molecular weight excluding hydrogens is 361 g/mol. The number of likely N-dealkylation sites (tertiary alicyclic amines) is 1. The van der Waals surface area contributed by atoms with Gasteiger partial charge in [-0.05, 0) is 52.5 Å². The minimum absolute atomic E-state index is 0.254. The molecule has 1 aromatic carbocycles. The first-order valence-corrected chi connectivity index (χ1v) is 7.87. The molecule has 1 N–H and O–H groups in total. The Labute approximate surface area is 135 Å². The van der Waals surface area contributed by atoms with Gasteiger partial charge in [0.25, 0.3) is 0 Å². The van der Waals surface area contributed by atoms with Crippen molar-refractivity contribution in [3.05, 3.63) is 46.1 Å². The van der Waals surface area contributed by atoms with E-state index in [-0.39, 0.29) is 5.60 Å². The molecule has 0 amide bonds. The van der Waals surface area contributed by atoms with Gasteiger partial charge in [-0.25, -0.2) is 0 Å². The number of hydrogen-bond acceptors (Lipinski definition) is 3. The topological polar surface area (TPSA) is 24.5 Å². The van der Waals surface area contributed by atoms with Gasteiger partial charge in [0.1, 0.15) is 10.2 Å². The second-order valence-electron chi connectivity index (χ2n) is 5.73. The summed E-state index contributed by atoms with van der Waals surface area (Å²) in [5, 5.41) is 0. The molecule has 0 unspecified atom stereocenters. The molecule has 2 aliphatic heterocycles. The van der Waals surface area contributed by atoms with Crippen LogP contribution in [0.1, 0.15) is 24.0 Å². The summed E-state index contributed by atoms with van der Waals surface area (Å²) in [6, 6.07) is 5.39. The lowest BCUT2D eigenvalue weighted by Crippen LogP contribution is -2.44. The summed E-state index contributed by atoms with van der Waals surface area (Å²) in [6.45, 7) is 2.35. The summed E-state index contributed by atoms with van der Waals surface area (Å²) >= 11 is 3.36. The third-order valence-electron chi connectivity index (χ3n) is 4.13. The first-order chi connectivity index (χ1) is 10.4. The molecule has 1 saturated heterocycles. The van der Waals surface area contributed by atoms with E-state index in [1.807, 2.05) is 6.08 Å². The summed E-state index contributed by atoms with van der Waals surface area (Å²) in [6.07, 6.45) is -0.517. The fraction of sp³-hybridized carbons (Fsp3) is 0.467. The van der Waals surface area contributed by atoms with Crippen LogP contribution in [0, 0.1) is 0 Å². The van der Waals surface area contributed by atoms with Gasteiger partial charge in [0.05, 0.1) is 5.56 Å². The Morgan fingerprint density at radius 2 is 1.82 bits per heavy atom. The number of halogens is 4. The standard InChI is InChI=1S/C15H16BrF3N2O/c16-13-9-14(22-20-13)5-7-21(8-6-14)10-11-1-3-12(4-2-11)15(17,18)19/h1-4,9,20H,5-8,10H2. The van der Waals surface area contributed by atoms with Crippen LogP contribution in [-0.4, -0.2) is 23.6 Å². The maximum Gasteiger partial charge on any atom is 0.416 e. The lowest BCUT2D eigenvalue weighted by atomic mass is 9.91. The van der Waals surface area contributed by atoms with Crippen molar-refractivity contribution in [3.63, 3.8) is 0 Å². The number of hydroxylamine groups is 1. The van der Waals surface area contributed by atoms with Crippen molar-refractivity contribution >= 4 is 15.9 Å². The number of benzene rings is 1. The molecule has 1 fully saturated rings. The highest BCUT2D eigenvalue weighted by Crippen LogP contribution is 2.34. The largest absolute Gasteiger partial charge is 0.416 e. The summed E-state index contributed by atoms with van der Waals surface area (Å²) in [7, 11) is 0. The van der Waals surface area contributed by atoms with E-state index in [1.165, 1.54) is 0 Å². The van der Waals surface area contributed by atoms with Crippen LogP contribution in [-0.2, 0) is 17.6 Å². The van der Waals surface area contributed by atoms with Crippen LogP contribution in [0.4, 0.5) is 13.2 Å². The van der Waals surface area contributed by atoms with Crippen molar-refractivity contribution < 1.29 is 18.0 Å². The molecule has 2 heterocycles. The minimum Gasteiger partial charge on any atom is -0.299 e. The van der Waals surface area contributed by atoms with Gasteiger partial charge in [-0.15, -0.1) is 0 Å². The van der Waals surface area contributed by atoms with Crippen LogP contribution in [0.2, 0.25) is 0 Å². The van der Waals surface area contributed by atoms with Gasteiger partial charge < -0.3 is 0 Å². The zero-order valence-corrected chi connectivity index (χ0v) is 13.4. The van der Waals surface area contributed by atoms with E-state index in [4.69, 9.17) is 4.84 Å². The molecule has 1 aromatic rings. The Morgan fingerprint density at radius 1 is 1.18 bits per heavy atom. The quantitative estimate of drug-likeness (QED) is 0.794. The van der Waals surface area contributed by atoms with Gasteiger partial charge in [0, 0.05) is 19.6 Å². The van der Waals surface area contributed by atoms with Crippen LogP contribution < -0.4 is 5.48 Å². The maximum absolute atomic E-state index is 12.5. The van der Waals surface area contributed by atoms with E-state index >= 15 is 0 Å². The van der Waals surface area contributed by atoms with E-state index in [9.17, 15) is 13.2 Å². The number of nitrogens with one attached hydrogen (secondary N) is 1. The lowest BCUT2D eigenvalue weighted by Gasteiger charge is -2.36. The molecule has 120 valence electrons. The molecule has 7 heteroatoms. The highest BCUT2D eigenvalue weighted by Gasteiger charge is 2.38. The SMILES string of the molecule is FC(F)(F)c1ccc(CN2CCC3(C=C(Br)NO3)CC2)cc1. The first-order valence-electron chi connectivity index (χ1n) is 7.07. The smallest absolute Gasteiger partial charge is 0.299 e. The highest BCUT2D eigenvalue weighted by atomic mass is 79.9. The molecule has 0 bridgehead atoms. The maximum atomic E-state index is 12.5. The van der Waals surface area contributed by atoms with Crippen molar-refractivity contribution in [2.45, 2.75) is 31.2 Å². The molecule has 0 atom stereocenters. The van der Waals surface area contributed by atoms with Crippen LogP contribution in [0.3, 0.4) is 0 Å². The number of piperidine rings is 1. The van der Waals surface area contributed by atoms with Gasteiger partial charge in [-0.3, -0.25) is 15.2 Å². The molecular formula is C15H16BrF3N2O. The van der Waals surface area contributed by atoms with Crippen molar-refractivity contribution in [3.8, 4) is 0 Å². The highest BCUT2D eigenvalue weighted by molar-refractivity contribution is 9.11. The second-order valence-corrected chi connectivity index (χ2v) is 6.59. The number of nitrogens with zero attached hydrogens (tertiary/aromatic N) is 1. The third kappa shape index (κ3) is 3.47. The van der Waals surface area contributed by atoms with Crippen molar-refractivity contribution in [2.75, 3.05) is 13.1 Å². The molecule has 2 aliphatic rings. The predicted molar refractivity (Wildman–Crippen MR) is 79.9 cm³/mol. The molecule has 22 heavy (non-hydrogen) atoms. The van der Waals surface area contributed by atoms with Crippen molar-refractivity contribution in [2.24, 2.45) is 0 Å². The molecule has 3 nitrogen and oxygen atoms in total. The van der Waals surface area contributed by atoms with Gasteiger partial charge >= 0.3 is 6.18 Å². The van der Waals surface area contributed by atoms with E-state index in [0.29, 0.717) is 6.54 Å². The minimum atomic E-state index is -4.28. The second kappa shape index (κ2) is 5.86. The van der Waals surface area contributed by atoms with E-state index < -0.39 is 11.7 Å². The Bertz CT molecular complexity index is 563. The Morgan fingerprint density at radius 3 is 2.32 bits per heavy atom. The van der Waals surface area contributed by atoms with E-state index in [1.54, 1.807) is 12.1 Å². The number of hydrogen-bond donors (Lipinski definition) is 1. The van der Waals surface area contributed by atoms with Crippen molar-refractivity contribution in [1.82, 2.24) is 10.4 Å². The fourth-order valence-electron chi connectivity index (χ4n) is 2.83. The van der Waals surface area contributed by atoms with Crippen LogP contribution in [0.15, 0.2) is 34.9 Å². The van der Waals surface area contributed by atoms with E-state index in [0.717, 1.165) is 48.2 Å². The fourth-order valence-corrected chi connectivity index (χ4v) is 3.33. The monoisotopic (exact) mass is 376 g/mol. The molecule has 0 saturated carbocycles. The average Bonchev–Trinajstić information content (AvgIpc) is 2.83. The summed E-state index contributed by atoms with van der Waals surface area (Å²) < 4.78 is 38.5. The number of alkyl halides is 3. The Kier molecular flexibility index (Phi) is 4.22. The van der Waals surface area contributed by atoms with Crippen LogP contribution >= 0.6 is 15.9 Å². The molecule has 3 rings (SSSR count). The number of rotatable bonds is 2. The summed E-state index contributed by atoms with van der Waals surface area (Å²) in [5.41, 5.74) is 2.86. The molecule has 0 aliphatic carbocycles. The molecule has 0 aromatic heterocycles. The molecule has 0 radical (unpaired) electrons. The Hall–Kier alpha value is -1.05. The Balaban J connectivity index is 1.57. The van der Waals surface area contributed by atoms with E-state index in [2.05, 4.69) is 26.3 Å². The van der Waals surface area contributed by atoms with Gasteiger partial charge in [-0.2, -0.15) is 13.2 Å². The summed E-state index contributed by atoms with van der Waals surface area (Å²) in [5.74, 6) is 0. The molecule has 1 spiro atoms. The first kappa shape index (κ1) is 15.8. The van der Waals surface area contributed by atoms with Gasteiger partial charge in [0.2, 0.25) is 0 Å². The van der Waals surface area contributed by atoms with Crippen LogP contribution in [0.5, 0.6) is 0 Å². The average molecular weight is 377 g/mol. The third-order valence-corrected chi connectivity index (χ3v) is 4.52. The van der Waals surface area contributed by atoms with Crippen molar-refractivity contribution in [1.29, 1.82) is 0 Å². The predicted octanol–water partition coefficient (Wildman–Crippen LogP) is 3.81.